The maximum Gasteiger partial charge on any atom is 0.328 e. The van der Waals surface area contributed by atoms with E-state index in [0.29, 0.717) is 48.2 Å². The average molecular weight is 510 g/mol. The molecule has 1 spiro atoms. The highest BCUT2D eigenvalue weighted by Gasteiger charge is 2.57. The van der Waals surface area contributed by atoms with Gasteiger partial charge < -0.3 is 14.2 Å². The summed E-state index contributed by atoms with van der Waals surface area (Å²) in [4.78, 5) is 42.9. The quantitative estimate of drug-likeness (QED) is 0.383. The molecular weight excluding hydrogens is 486 g/mol. The van der Waals surface area contributed by atoms with Crippen molar-refractivity contribution in [3.05, 3.63) is 78.5 Å². The van der Waals surface area contributed by atoms with Gasteiger partial charge in [0.2, 0.25) is 5.88 Å². The first-order valence-electron chi connectivity index (χ1n) is 12.1. The fourth-order valence-corrected chi connectivity index (χ4v) is 4.86. The van der Waals surface area contributed by atoms with Crippen molar-refractivity contribution in [2.24, 2.45) is 0 Å². The number of amides is 4. The number of hydrogen-bond acceptors (Lipinski definition) is 8. The van der Waals surface area contributed by atoms with E-state index in [2.05, 4.69) is 20.8 Å². The summed E-state index contributed by atoms with van der Waals surface area (Å²) in [5.74, 6) is 0.382. The molecule has 10 heteroatoms. The fourth-order valence-electron chi connectivity index (χ4n) is 4.86. The molecule has 2 aliphatic heterocycles. The molecule has 2 aromatic heterocycles. The Hall–Kier alpha value is -4.99. The third-order valence-electron chi connectivity index (χ3n) is 6.84. The lowest BCUT2D eigenvalue weighted by Crippen LogP contribution is -2.71. The molecule has 0 unspecified atom stereocenters. The Balaban J connectivity index is 1.15. The maximum atomic E-state index is 12.7. The Morgan fingerprint density at radius 1 is 0.921 bits per heavy atom. The molecule has 38 heavy (non-hydrogen) atoms. The van der Waals surface area contributed by atoms with Gasteiger partial charge in [0.1, 0.15) is 11.4 Å². The number of rotatable bonds is 5. The summed E-state index contributed by atoms with van der Waals surface area (Å²) in [5.41, 5.74) is 2.85. The van der Waals surface area contributed by atoms with Crippen LogP contribution in [0.3, 0.4) is 0 Å². The molecule has 0 saturated carbocycles. The predicted molar refractivity (Wildman–Crippen MR) is 137 cm³/mol. The molecule has 2 saturated heterocycles. The van der Waals surface area contributed by atoms with E-state index in [1.54, 1.807) is 23.2 Å². The van der Waals surface area contributed by atoms with Gasteiger partial charge in [-0.1, -0.05) is 35.0 Å². The van der Waals surface area contributed by atoms with E-state index in [4.69, 9.17) is 9.26 Å². The first-order chi connectivity index (χ1) is 18.4. The first kappa shape index (κ1) is 23.4. The summed E-state index contributed by atoms with van der Waals surface area (Å²) < 4.78 is 11.4. The number of nitrogens with one attached hydrogen (secondary N) is 2. The number of anilines is 1. The summed E-state index contributed by atoms with van der Waals surface area (Å²) in [6.07, 6.45) is 2.48. The number of carbonyl (C=O) groups is 3. The second kappa shape index (κ2) is 9.15. The van der Waals surface area contributed by atoms with E-state index in [0.717, 1.165) is 11.1 Å². The van der Waals surface area contributed by atoms with Crippen molar-refractivity contribution in [3.8, 4) is 34.2 Å². The highest BCUT2D eigenvalue weighted by Crippen LogP contribution is 2.36. The molecule has 0 bridgehead atoms. The molecule has 2 fully saturated rings. The molecule has 0 atom stereocenters. The zero-order valence-corrected chi connectivity index (χ0v) is 20.4. The monoisotopic (exact) mass is 509 g/mol. The van der Waals surface area contributed by atoms with Crippen LogP contribution in [0.5, 0.6) is 11.6 Å². The van der Waals surface area contributed by atoms with Crippen molar-refractivity contribution in [3.63, 3.8) is 0 Å². The largest absolute Gasteiger partial charge is 0.439 e. The van der Waals surface area contributed by atoms with Crippen LogP contribution in [0.1, 0.15) is 18.4 Å². The SMILES string of the molecule is Cc1ccc(-c2cc(-c3ccc(Oc4ccc(N5CCCC56C(=O)NC(=O)NC6=O)cn4)cc3)no2)cc1. The summed E-state index contributed by atoms with van der Waals surface area (Å²) in [5, 5.41) is 8.60. The number of hydrogen-bond donors (Lipinski definition) is 2. The van der Waals surface area contributed by atoms with Crippen LogP contribution in [0.25, 0.3) is 22.6 Å². The summed E-state index contributed by atoms with van der Waals surface area (Å²) >= 11 is 0. The van der Waals surface area contributed by atoms with Crippen molar-refractivity contribution < 1.29 is 23.6 Å². The number of pyridine rings is 1. The lowest BCUT2D eigenvalue weighted by molar-refractivity contribution is -0.137. The molecule has 2 aromatic carbocycles. The number of urea groups is 1. The lowest BCUT2D eigenvalue weighted by Gasteiger charge is -2.38. The minimum absolute atomic E-state index is 0.306. The van der Waals surface area contributed by atoms with Gasteiger partial charge in [0.15, 0.2) is 11.3 Å². The number of barbiturate groups is 1. The minimum atomic E-state index is -1.46. The van der Waals surface area contributed by atoms with Crippen molar-refractivity contribution in [2.45, 2.75) is 25.3 Å². The van der Waals surface area contributed by atoms with Gasteiger partial charge in [-0.3, -0.25) is 20.2 Å². The molecule has 190 valence electrons. The smallest absolute Gasteiger partial charge is 0.328 e. The van der Waals surface area contributed by atoms with Crippen molar-refractivity contribution in [1.82, 2.24) is 20.8 Å². The molecule has 4 amide bonds. The maximum absolute atomic E-state index is 12.7. The molecule has 4 heterocycles. The third-order valence-corrected chi connectivity index (χ3v) is 6.84. The number of ether oxygens (including phenoxy) is 1. The first-order valence-corrected chi connectivity index (χ1v) is 12.1. The van der Waals surface area contributed by atoms with Crippen LogP contribution in [0.4, 0.5) is 10.5 Å². The molecule has 6 rings (SSSR count). The second-order valence-corrected chi connectivity index (χ2v) is 9.28. The van der Waals surface area contributed by atoms with Crippen LogP contribution in [0.15, 0.2) is 77.4 Å². The number of aromatic nitrogens is 2. The predicted octanol–water partition coefficient (Wildman–Crippen LogP) is 4.21. The number of nitrogens with zero attached hydrogens (tertiary/aromatic N) is 3. The van der Waals surface area contributed by atoms with E-state index in [1.807, 2.05) is 61.5 Å². The van der Waals surface area contributed by atoms with E-state index in [9.17, 15) is 14.4 Å². The normalized spacial score (nSPS) is 16.4. The van der Waals surface area contributed by atoms with E-state index in [-0.39, 0.29) is 0 Å². The Bertz CT molecular complexity index is 1510. The minimum Gasteiger partial charge on any atom is -0.439 e. The second-order valence-electron chi connectivity index (χ2n) is 9.28. The highest BCUT2D eigenvalue weighted by molar-refractivity contribution is 6.24. The van der Waals surface area contributed by atoms with Gasteiger partial charge in [-0.05, 0) is 50.1 Å². The molecule has 4 aromatic rings. The van der Waals surface area contributed by atoms with Gasteiger partial charge in [0.05, 0.1) is 11.9 Å². The molecule has 2 aliphatic rings. The van der Waals surface area contributed by atoms with E-state index in [1.165, 1.54) is 5.56 Å². The zero-order valence-electron chi connectivity index (χ0n) is 20.4. The van der Waals surface area contributed by atoms with Gasteiger partial charge in [-0.25, -0.2) is 9.78 Å². The van der Waals surface area contributed by atoms with Crippen LogP contribution in [-0.2, 0) is 9.59 Å². The van der Waals surface area contributed by atoms with Gasteiger partial charge in [0, 0.05) is 29.8 Å². The molecular formula is C28H23N5O5. The van der Waals surface area contributed by atoms with Crippen molar-refractivity contribution in [1.29, 1.82) is 0 Å². The Morgan fingerprint density at radius 3 is 2.32 bits per heavy atom. The average Bonchev–Trinajstić information content (AvgIpc) is 3.58. The van der Waals surface area contributed by atoms with Crippen molar-refractivity contribution >= 4 is 23.5 Å². The number of benzene rings is 2. The molecule has 2 N–H and O–H groups in total. The van der Waals surface area contributed by atoms with Crippen LogP contribution >= 0.6 is 0 Å². The number of imide groups is 2. The summed E-state index contributed by atoms with van der Waals surface area (Å²) in [6.45, 7) is 2.51. The zero-order chi connectivity index (χ0) is 26.3. The van der Waals surface area contributed by atoms with Gasteiger partial charge in [-0.15, -0.1) is 0 Å². The number of carbonyl (C=O) groups excluding carboxylic acids is 3. The standard InChI is InChI=1S/C28H23N5O5/c1-17-3-5-19(6-4-17)23-15-22(32-38-23)18-7-10-21(11-8-18)37-24-12-9-20(16-29-24)33-14-2-13-28(33)25(34)30-27(36)31-26(28)35/h3-12,15-16H,2,13-14H2,1H3,(H2,30,31,34,35,36). The third kappa shape index (κ3) is 4.05. The Labute approximate surface area is 217 Å². The van der Waals surface area contributed by atoms with Gasteiger partial charge >= 0.3 is 6.03 Å². The molecule has 0 radical (unpaired) electrons. The van der Waals surface area contributed by atoms with Gasteiger partial charge in [0.25, 0.3) is 11.8 Å². The highest BCUT2D eigenvalue weighted by atomic mass is 16.5. The lowest BCUT2D eigenvalue weighted by atomic mass is 9.92. The molecule has 10 nitrogen and oxygen atoms in total. The van der Waals surface area contributed by atoms with Crippen molar-refractivity contribution in [2.75, 3.05) is 11.4 Å². The number of aryl methyl sites for hydroxylation is 1. The van der Waals surface area contributed by atoms with Crippen LogP contribution in [0.2, 0.25) is 0 Å². The van der Waals surface area contributed by atoms with Crippen LogP contribution in [0, 0.1) is 6.92 Å². The Kier molecular flexibility index (Phi) is 5.64. The summed E-state index contributed by atoms with van der Waals surface area (Å²) in [7, 11) is 0. The molecule has 0 aliphatic carbocycles. The van der Waals surface area contributed by atoms with E-state index >= 15 is 0 Å². The fraction of sp³-hybridized carbons (Fsp3) is 0.179. The summed E-state index contributed by atoms with van der Waals surface area (Å²) in [6, 6.07) is 19.9. The topological polar surface area (TPSA) is 127 Å². The Morgan fingerprint density at radius 2 is 1.63 bits per heavy atom. The van der Waals surface area contributed by atoms with E-state index < -0.39 is 23.4 Å². The van der Waals surface area contributed by atoms with Gasteiger partial charge in [-0.2, -0.15) is 0 Å². The van der Waals surface area contributed by atoms with Crippen LogP contribution < -0.4 is 20.3 Å². The van der Waals surface area contributed by atoms with Crippen LogP contribution in [-0.4, -0.2) is 40.1 Å².